The molecule has 0 radical (unpaired) electrons. The number of carbonyl (C=O) groups is 2. The van der Waals surface area contributed by atoms with Gasteiger partial charge in [0, 0.05) is 6.07 Å². The Bertz CT molecular complexity index is 590. The van der Waals surface area contributed by atoms with Crippen LogP contribution in [0.4, 0.5) is 24.9 Å². The normalized spacial score (nSPS) is 19.6. The van der Waals surface area contributed by atoms with Gasteiger partial charge in [0.15, 0.2) is 5.69 Å². The van der Waals surface area contributed by atoms with E-state index < -0.39 is 35.7 Å². The fourth-order valence-corrected chi connectivity index (χ4v) is 2.06. The van der Waals surface area contributed by atoms with Crippen molar-refractivity contribution in [3.8, 4) is 0 Å². The fourth-order valence-electron chi connectivity index (χ4n) is 2.06. The number of hydrogen-bond donors (Lipinski definition) is 2. The quantitative estimate of drug-likeness (QED) is 0.763. The molecule has 0 saturated carbocycles. The molecule has 1 saturated heterocycles. The molecular formula is C11H12F3N5O2. The van der Waals surface area contributed by atoms with Crippen LogP contribution in [0.25, 0.3) is 0 Å². The van der Waals surface area contributed by atoms with E-state index in [1.165, 1.54) is 4.90 Å². The molecule has 1 aromatic rings. The molecule has 1 aliphatic rings. The third-order valence-corrected chi connectivity index (χ3v) is 2.96. The molecule has 1 unspecified atom stereocenters. The van der Waals surface area contributed by atoms with E-state index in [9.17, 15) is 22.8 Å². The van der Waals surface area contributed by atoms with Crippen molar-refractivity contribution >= 4 is 23.6 Å². The maximum atomic E-state index is 12.7. The predicted octanol–water partition coefficient (Wildman–Crippen LogP) is 0.319. The van der Waals surface area contributed by atoms with Crippen molar-refractivity contribution in [3.05, 3.63) is 11.8 Å². The topological polar surface area (TPSA) is 101 Å². The average molecular weight is 303 g/mol. The smallest absolute Gasteiger partial charge is 0.368 e. The summed E-state index contributed by atoms with van der Waals surface area (Å²) < 4.78 is 38.2. The molecule has 10 heteroatoms. The molecular weight excluding hydrogens is 291 g/mol. The average Bonchev–Trinajstić information content (AvgIpc) is 2.36. The van der Waals surface area contributed by atoms with Gasteiger partial charge in [-0.2, -0.15) is 18.2 Å². The summed E-state index contributed by atoms with van der Waals surface area (Å²) in [6.45, 7) is 1.39. The molecule has 7 nitrogen and oxygen atoms in total. The molecule has 0 bridgehead atoms. The number of nitrogens with zero attached hydrogens (tertiary/aromatic N) is 3. The van der Waals surface area contributed by atoms with Crippen LogP contribution in [-0.4, -0.2) is 34.4 Å². The molecule has 1 atom stereocenters. The molecule has 21 heavy (non-hydrogen) atoms. The van der Waals surface area contributed by atoms with Crippen molar-refractivity contribution < 1.29 is 22.8 Å². The van der Waals surface area contributed by atoms with E-state index in [2.05, 4.69) is 15.3 Å². The van der Waals surface area contributed by atoms with Crippen molar-refractivity contribution in [3.63, 3.8) is 0 Å². The van der Waals surface area contributed by atoms with Crippen LogP contribution in [0.5, 0.6) is 0 Å². The van der Waals surface area contributed by atoms with Crippen molar-refractivity contribution in [1.82, 2.24) is 15.3 Å². The van der Waals surface area contributed by atoms with Crippen molar-refractivity contribution in [1.29, 1.82) is 0 Å². The van der Waals surface area contributed by atoms with Gasteiger partial charge in [-0.3, -0.25) is 14.9 Å². The minimum Gasteiger partial charge on any atom is -0.368 e. The highest BCUT2D eigenvalue weighted by molar-refractivity contribution is 6.04. The first kappa shape index (κ1) is 15.0. The SMILES string of the molecule is CCC1C(=O)NC(=O)CN1c1cc(C(F)(F)F)nc(N)n1. The molecule has 1 aromatic heterocycles. The van der Waals surface area contributed by atoms with Crippen LogP contribution in [-0.2, 0) is 15.8 Å². The highest BCUT2D eigenvalue weighted by Crippen LogP contribution is 2.31. The molecule has 0 aliphatic carbocycles. The number of nitrogen functional groups attached to an aromatic ring is 1. The van der Waals surface area contributed by atoms with Gasteiger partial charge in [-0.1, -0.05) is 6.92 Å². The summed E-state index contributed by atoms with van der Waals surface area (Å²) >= 11 is 0. The molecule has 1 aliphatic heterocycles. The molecule has 0 aromatic carbocycles. The number of anilines is 2. The van der Waals surface area contributed by atoms with E-state index in [1.807, 2.05) is 0 Å². The Morgan fingerprint density at radius 3 is 2.67 bits per heavy atom. The summed E-state index contributed by atoms with van der Waals surface area (Å²) in [7, 11) is 0. The Labute approximate surface area is 117 Å². The number of alkyl halides is 3. The zero-order chi connectivity index (χ0) is 15.8. The van der Waals surface area contributed by atoms with Gasteiger partial charge >= 0.3 is 6.18 Å². The lowest BCUT2D eigenvalue weighted by molar-refractivity contribution is -0.141. The highest BCUT2D eigenvalue weighted by atomic mass is 19.4. The second-order valence-electron chi connectivity index (χ2n) is 4.43. The first-order valence-electron chi connectivity index (χ1n) is 6.04. The number of nitrogens with two attached hydrogens (primary N) is 1. The van der Waals surface area contributed by atoms with Gasteiger partial charge in [-0.15, -0.1) is 0 Å². The summed E-state index contributed by atoms with van der Waals surface area (Å²) in [4.78, 5) is 31.1. The number of imide groups is 1. The molecule has 0 spiro atoms. The van der Waals surface area contributed by atoms with E-state index in [1.54, 1.807) is 6.92 Å². The number of halogens is 3. The van der Waals surface area contributed by atoms with Gasteiger partial charge in [0.25, 0.3) is 0 Å². The molecule has 2 heterocycles. The monoisotopic (exact) mass is 303 g/mol. The fraction of sp³-hybridized carbons (Fsp3) is 0.455. The van der Waals surface area contributed by atoms with Crippen LogP contribution < -0.4 is 16.0 Å². The number of piperazine rings is 1. The van der Waals surface area contributed by atoms with Crippen LogP contribution >= 0.6 is 0 Å². The van der Waals surface area contributed by atoms with Gasteiger partial charge in [0.05, 0.1) is 6.54 Å². The van der Waals surface area contributed by atoms with E-state index in [4.69, 9.17) is 5.73 Å². The van der Waals surface area contributed by atoms with Crippen molar-refractivity contribution in [2.24, 2.45) is 0 Å². The first-order valence-corrected chi connectivity index (χ1v) is 6.04. The van der Waals surface area contributed by atoms with E-state index in [0.29, 0.717) is 12.5 Å². The second-order valence-corrected chi connectivity index (χ2v) is 4.43. The van der Waals surface area contributed by atoms with Crippen molar-refractivity contribution in [2.75, 3.05) is 17.2 Å². The van der Waals surface area contributed by atoms with Crippen LogP contribution in [0, 0.1) is 0 Å². The number of hydrogen-bond acceptors (Lipinski definition) is 6. The first-order chi connectivity index (χ1) is 9.72. The Kier molecular flexibility index (Phi) is 3.71. The number of amides is 2. The van der Waals surface area contributed by atoms with Gasteiger partial charge in [-0.05, 0) is 6.42 Å². The summed E-state index contributed by atoms with van der Waals surface area (Å²) in [5.74, 6) is -1.98. The minimum atomic E-state index is -4.70. The van der Waals surface area contributed by atoms with E-state index >= 15 is 0 Å². The number of rotatable bonds is 2. The Morgan fingerprint density at radius 1 is 1.43 bits per heavy atom. The number of carbonyl (C=O) groups excluding carboxylic acids is 2. The third-order valence-electron chi connectivity index (χ3n) is 2.96. The summed E-state index contributed by atoms with van der Waals surface area (Å²) in [5.41, 5.74) is 4.06. The van der Waals surface area contributed by atoms with E-state index in [0.717, 1.165) is 0 Å². The van der Waals surface area contributed by atoms with Crippen molar-refractivity contribution in [2.45, 2.75) is 25.6 Å². The largest absolute Gasteiger partial charge is 0.433 e. The lowest BCUT2D eigenvalue weighted by atomic mass is 10.1. The predicted molar refractivity (Wildman–Crippen MR) is 66.0 cm³/mol. The maximum Gasteiger partial charge on any atom is 0.433 e. The van der Waals surface area contributed by atoms with Gasteiger partial charge in [0.1, 0.15) is 11.9 Å². The Balaban J connectivity index is 2.46. The Morgan fingerprint density at radius 2 is 2.10 bits per heavy atom. The lowest BCUT2D eigenvalue weighted by Gasteiger charge is -2.34. The van der Waals surface area contributed by atoms with Crippen LogP contribution in [0.1, 0.15) is 19.0 Å². The van der Waals surface area contributed by atoms with E-state index in [-0.39, 0.29) is 12.4 Å². The molecule has 114 valence electrons. The summed E-state index contributed by atoms with van der Waals surface area (Å²) in [6.07, 6.45) is -4.40. The van der Waals surface area contributed by atoms with Crippen LogP contribution in [0.2, 0.25) is 0 Å². The molecule has 2 amide bonds. The summed E-state index contributed by atoms with van der Waals surface area (Å²) in [6, 6.07) is -0.122. The van der Waals surface area contributed by atoms with Gasteiger partial charge < -0.3 is 10.6 Å². The standard InChI is InChI=1S/C11H12F3N5O2/c1-2-5-9(21)18-8(20)4-19(5)7-3-6(11(12,13)14)16-10(15)17-7/h3,5H,2,4H2,1H3,(H2,15,16,17)(H,18,20,21). The Hall–Kier alpha value is -2.39. The summed E-state index contributed by atoms with van der Waals surface area (Å²) in [5, 5.41) is 2.12. The van der Waals surface area contributed by atoms with Gasteiger partial charge in [-0.25, -0.2) is 4.98 Å². The molecule has 1 fully saturated rings. The van der Waals surface area contributed by atoms with Gasteiger partial charge in [0.2, 0.25) is 17.8 Å². The molecule has 2 rings (SSSR count). The maximum absolute atomic E-state index is 12.7. The number of nitrogens with one attached hydrogen (secondary N) is 1. The zero-order valence-corrected chi connectivity index (χ0v) is 10.9. The van der Waals surface area contributed by atoms with Crippen LogP contribution in [0.3, 0.4) is 0 Å². The van der Waals surface area contributed by atoms with Crippen LogP contribution in [0.15, 0.2) is 6.07 Å². The third kappa shape index (κ3) is 3.03. The number of aromatic nitrogens is 2. The lowest BCUT2D eigenvalue weighted by Crippen LogP contribution is -2.58. The zero-order valence-electron chi connectivity index (χ0n) is 10.9. The minimum absolute atomic E-state index is 0.204. The highest BCUT2D eigenvalue weighted by Gasteiger charge is 2.37. The molecule has 3 N–H and O–H groups in total. The second kappa shape index (κ2) is 5.19.